The van der Waals surface area contributed by atoms with E-state index in [4.69, 9.17) is 10.2 Å². The van der Waals surface area contributed by atoms with Gasteiger partial charge in [-0.3, -0.25) is 0 Å². The Morgan fingerprint density at radius 1 is 0.800 bits per heavy atom. The number of hydrogen-bond acceptors (Lipinski definition) is 4. The summed E-state index contributed by atoms with van der Waals surface area (Å²) in [6.07, 6.45) is 0. The zero-order chi connectivity index (χ0) is 14.9. The number of aromatic hydroxyl groups is 2. The van der Waals surface area contributed by atoms with Gasteiger partial charge in [-0.05, 0) is 29.8 Å². The normalized spacial score (nSPS) is 10.2. The van der Waals surface area contributed by atoms with Crippen molar-refractivity contribution in [2.75, 3.05) is 0 Å². The molecule has 0 aliphatic carbocycles. The fourth-order valence-corrected chi connectivity index (χ4v) is 1.83. The van der Waals surface area contributed by atoms with Crippen molar-refractivity contribution in [2.24, 2.45) is 0 Å². The van der Waals surface area contributed by atoms with Crippen molar-refractivity contribution >= 4 is 11.9 Å². The van der Waals surface area contributed by atoms with Crippen LogP contribution in [0.1, 0.15) is 20.7 Å². The lowest BCUT2D eigenvalue weighted by Crippen LogP contribution is -2.01. The van der Waals surface area contributed by atoms with Gasteiger partial charge in [0.1, 0.15) is 5.56 Å². The maximum Gasteiger partial charge on any atom is 0.340 e. The summed E-state index contributed by atoms with van der Waals surface area (Å²) in [5, 5.41) is 36.9. The van der Waals surface area contributed by atoms with E-state index in [0.29, 0.717) is 5.56 Å². The van der Waals surface area contributed by atoms with Crippen LogP contribution in [0.15, 0.2) is 36.4 Å². The quantitative estimate of drug-likeness (QED) is 0.637. The summed E-state index contributed by atoms with van der Waals surface area (Å²) in [6, 6.07) is 8.03. The first-order chi connectivity index (χ1) is 9.41. The first-order valence-corrected chi connectivity index (χ1v) is 5.53. The molecule has 0 atom stereocenters. The second-order valence-electron chi connectivity index (χ2n) is 4.04. The number of phenolic OH excluding ortho intramolecular Hbond substituents is 1. The summed E-state index contributed by atoms with van der Waals surface area (Å²) in [5.41, 5.74) is 0.231. The molecule has 2 aromatic carbocycles. The smallest absolute Gasteiger partial charge is 0.340 e. The molecule has 0 radical (unpaired) electrons. The highest BCUT2D eigenvalue weighted by molar-refractivity contribution is 6.00. The van der Waals surface area contributed by atoms with Crippen LogP contribution in [0.3, 0.4) is 0 Å². The number of benzene rings is 2. The molecule has 4 N–H and O–H groups in total. The predicted molar refractivity (Wildman–Crippen MR) is 69.1 cm³/mol. The van der Waals surface area contributed by atoms with Gasteiger partial charge >= 0.3 is 11.9 Å². The second-order valence-corrected chi connectivity index (χ2v) is 4.04. The average molecular weight is 274 g/mol. The van der Waals surface area contributed by atoms with Crippen LogP contribution >= 0.6 is 0 Å². The fourth-order valence-electron chi connectivity index (χ4n) is 1.83. The van der Waals surface area contributed by atoms with Crippen molar-refractivity contribution in [3.05, 3.63) is 47.5 Å². The highest BCUT2D eigenvalue weighted by Crippen LogP contribution is 2.36. The Balaban J connectivity index is 2.60. The van der Waals surface area contributed by atoms with Crippen LogP contribution in [-0.2, 0) is 0 Å². The van der Waals surface area contributed by atoms with Gasteiger partial charge in [0.05, 0.1) is 5.56 Å². The molecule has 6 nitrogen and oxygen atoms in total. The van der Waals surface area contributed by atoms with Gasteiger partial charge in [-0.15, -0.1) is 0 Å². The molecular weight excluding hydrogens is 264 g/mol. The Morgan fingerprint density at radius 3 is 1.90 bits per heavy atom. The van der Waals surface area contributed by atoms with E-state index >= 15 is 0 Å². The Kier molecular flexibility index (Phi) is 3.30. The maximum absolute atomic E-state index is 11.2. The molecule has 6 heteroatoms. The first kappa shape index (κ1) is 13.4. The summed E-state index contributed by atoms with van der Waals surface area (Å²) in [6.45, 7) is 0. The molecule has 0 unspecified atom stereocenters. The molecule has 0 aromatic heterocycles. The molecule has 0 aliphatic rings. The van der Waals surface area contributed by atoms with Crippen molar-refractivity contribution in [1.82, 2.24) is 0 Å². The molecule has 2 rings (SSSR count). The lowest BCUT2D eigenvalue weighted by molar-refractivity contribution is 0.0684. The van der Waals surface area contributed by atoms with Crippen molar-refractivity contribution in [2.45, 2.75) is 0 Å². The number of carbonyl (C=O) groups is 2. The Morgan fingerprint density at radius 2 is 1.40 bits per heavy atom. The average Bonchev–Trinajstić information content (AvgIpc) is 2.41. The molecule has 20 heavy (non-hydrogen) atoms. The molecule has 0 bridgehead atoms. The van der Waals surface area contributed by atoms with E-state index in [9.17, 15) is 19.8 Å². The maximum atomic E-state index is 11.2. The molecule has 0 heterocycles. The van der Waals surface area contributed by atoms with Gasteiger partial charge in [0.25, 0.3) is 0 Å². The molecule has 0 amide bonds. The van der Waals surface area contributed by atoms with Crippen LogP contribution in [-0.4, -0.2) is 32.4 Å². The van der Waals surface area contributed by atoms with Crippen molar-refractivity contribution in [3.63, 3.8) is 0 Å². The highest BCUT2D eigenvalue weighted by Gasteiger charge is 2.19. The zero-order valence-electron chi connectivity index (χ0n) is 10.1. The standard InChI is InChI=1S/C14H10O6/c15-10-6-5-9(11(12(10)16)14(19)20)7-1-3-8(4-2-7)13(17)18/h1-6,15-16H,(H,17,18)(H,19,20). The largest absolute Gasteiger partial charge is 0.504 e. The SMILES string of the molecule is O=C(O)c1ccc(-c2ccc(O)c(O)c2C(=O)O)cc1. The Hall–Kier alpha value is -3.02. The second kappa shape index (κ2) is 4.93. The van der Waals surface area contributed by atoms with Crippen LogP contribution in [0.5, 0.6) is 11.5 Å². The molecule has 0 saturated carbocycles. The van der Waals surface area contributed by atoms with E-state index in [1.54, 1.807) is 0 Å². The number of carboxylic acids is 2. The molecule has 102 valence electrons. The Bertz CT molecular complexity index is 688. The van der Waals surface area contributed by atoms with Gasteiger partial charge in [0.2, 0.25) is 0 Å². The van der Waals surface area contributed by atoms with Gasteiger partial charge in [-0.25, -0.2) is 9.59 Å². The van der Waals surface area contributed by atoms with Gasteiger partial charge in [0, 0.05) is 5.56 Å². The van der Waals surface area contributed by atoms with E-state index in [1.807, 2.05) is 0 Å². The minimum absolute atomic E-state index is 0.0635. The predicted octanol–water partition coefficient (Wildman–Crippen LogP) is 2.16. The number of carboxylic acid groups (broad SMARTS) is 2. The van der Waals surface area contributed by atoms with Crippen LogP contribution < -0.4 is 0 Å². The third-order valence-corrected chi connectivity index (χ3v) is 2.81. The number of hydrogen-bond donors (Lipinski definition) is 4. The summed E-state index contributed by atoms with van der Waals surface area (Å²) in [7, 11) is 0. The Labute approximate surface area is 113 Å². The number of aromatic carboxylic acids is 2. The topological polar surface area (TPSA) is 115 Å². The molecule has 0 saturated heterocycles. The summed E-state index contributed by atoms with van der Waals surface area (Å²) in [5.74, 6) is -3.75. The third kappa shape index (κ3) is 2.26. The highest BCUT2D eigenvalue weighted by atomic mass is 16.4. The summed E-state index contributed by atoms with van der Waals surface area (Å²) >= 11 is 0. The minimum atomic E-state index is -1.39. The monoisotopic (exact) mass is 274 g/mol. The van der Waals surface area contributed by atoms with Gasteiger partial charge in [-0.1, -0.05) is 12.1 Å². The summed E-state index contributed by atoms with van der Waals surface area (Å²) < 4.78 is 0. The van der Waals surface area contributed by atoms with E-state index in [1.165, 1.54) is 36.4 Å². The number of rotatable bonds is 3. The van der Waals surface area contributed by atoms with Crippen molar-refractivity contribution < 1.29 is 30.0 Å². The lowest BCUT2D eigenvalue weighted by atomic mass is 9.97. The van der Waals surface area contributed by atoms with Crippen LogP contribution in [0.2, 0.25) is 0 Å². The van der Waals surface area contributed by atoms with E-state index in [0.717, 1.165) is 0 Å². The minimum Gasteiger partial charge on any atom is -0.504 e. The molecular formula is C14H10O6. The third-order valence-electron chi connectivity index (χ3n) is 2.81. The van der Waals surface area contributed by atoms with Gasteiger partial charge in [0.15, 0.2) is 11.5 Å². The number of phenols is 2. The molecule has 2 aromatic rings. The molecule has 0 spiro atoms. The fraction of sp³-hybridized carbons (Fsp3) is 0. The first-order valence-electron chi connectivity index (χ1n) is 5.53. The van der Waals surface area contributed by atoms with Crippen LogP contribution in [0.25, 0.3) is 11.1 Å². The molecule has 0 fully saturated rings. The lowest BCUT2D eigenvalue weighted by Gasteiger charge is -2.09. The molecule has 0 aliphatic heterocycles. The van der Waals surface area contributed by atoms with Crippen molar-refractivity contribution in [1.29, 1.82) is 0 Å². The van der Waals surface area contributed by atoms with Crippen molar-refractivity contribution in [3.8, 4) is 22.6 Å². The summed E-state index contributed by atoms with van der Waals surface area (Å²) in [4.78, 5) is 21.9. The zero-order valence-corrected chi connectivity index (χ0v) is 10.1. The van der Waals surface area contributed by atoms with E-state index in [2.05, 4.69) is 0 Å². The van der Waals surface area contributed by atoms with Gasteiger partial charge in [-0.2, -0.15) is 0 Å². The van der Waals surface area contributed by atoms with E-state index < -0.39 is 29.0 Å². The van der Waals surface area contributed by atoms with Gasteiger partial charge < -0.3 is 20.4 Å². The van der Waals surface area contributed by atoms with E-state index in [-0.39, 0.29) is 11.1 Å². The van der Waals surface area contributed by atoms with Crippen LogP contribution in [0.4, 0.5) is 0 Å². The van der Waals surface area contributed by atoms with Crippen LogP contribution in [0, 0.1) is 0 Å².